The van der Waals surface area contributed by atoms with E-state index in [2.05, 4.69) is 16.1 Å². The maximum atomic E-state index is 10.7. The number of ether oxygens (including phenoxy) is 2. The molecule has 0 aliphatic rings. The summed E-state index contributed by atoms with van der Waals surface area (Å²) < 4.78 is 8.47. The van der Waals surface area contributed by atoms with Crippen LogP contribution >= 0.6 is 0 Å². The zero-order valence-corrected chi connectivity index (χ0v) is 11.4. The Morgan fingerprint density at radius 1 is 1.29 bits per heavy atom. The molecule has 0 aromatic carbocycles. The molecule has 0 aromatic heterocycles. The molecule has 0 radical (unpaired) electrons. The van der Waals surface area contributed by atoms with Crippen molar-refractivity contribution in [1.29, 1.82) is 0 Å². The standard InChI is InChI=1S/C8H10O5.K.H/c1-3-6(9)13-8(11)5-4-7(10)12-2;;/h3H,1,4-5H2,2H3;;/q;+1;-1. The molecule has 0 saturated carbocycles. The first-order valence-electron chi connectivity index (χ1n) is 3.54. The third-order valence-corrected chi connectivity index (χ3v) is 1.14. The van der Waals surface area contributed by atoms with Gasteiger partial charge in [0.2, 0.25) is 0 Å². The summed E-state index contributed by atoms with van der Waals surface area (Å²) in [5, 5.41) is 0. The second-order valence-electron chi connectivity index (χ2n) is 2.07. The molecule has 0 bridgehead atoms. The van der Waals surface area contributed by atoms with Crippen LogP contribution in [0.25, 0.3) is 0 Å². The Balaban J connectivity index is -0.000000720. The van der Waals surface area contributed by atoms with Gasteiger partial charge in [0.05, 0.1) is 20.0 Å². The van der Waals surface area contributed by atoms with Gasteiger partial charge in [-0.2, -0.15) is 0 Å². The molecule has 0 atom stereocenters. The van der Waals surface area contributed by atoms with Gasteiger partial charge in [-0.05, 0) is 0 Å². The molecule has 0 spiro atoms. The van der Waals surface area contributed by atoms with Crippen molar-refractivity contribution in [2.24, 2.45) is 0 Å². The third kappa shape index (κ3) is 8.58. The number of rotatable bonds is 4. The summed E-state index contributed by atoms with van der Waals surface area (Å²) >= 11 is 0. The van der Waals surface area contributed by atoms with E-state index in [1.807, 2.05) is 0 Å². The number of esters is 3. The van der Waals surface area contributed by atoms with Crippen molar-refractivity contribution in [3.63, 3.8) is 0 Å². The SMILES string of the molecule is C=CC(=O)OC(=O)CCC(=O)OC.[H-].[K+]. The Morgan fingerprint density at radius 3 is 2.21 bits per heavy atom. The van der Waals surface area contributed by atoms with Crippen LogP contribution in [-0.2, 0) is 23.9 Å². The van der Waals surface area contributed by atoms with Crippen LogP contribution in [0.4, 0.5) is 0 Å². The smallest absolute Gasteiger partial charge is 1.00 e. The van der Waals surface area contributed by atoms with Crippen LogP contribution in [0.5, 0.6) is 0 Å². The molecule has 0 aromatic rings. The first kappa shape index (κ1) is 16.4. The topological polar surface area (TPSA) is 69.7 Å². The summed E-state index contributed by atoms with van der Waals surface area (Å²) in [5.41, 5.74) is 0. The molecule has 5 nitrogen and oxygen atoms in total. The zero-order valence-electron chi connectivity index (χ0n) is 9.24. The van der Waals surface area contributed by atoms with Gasteiger partial charge in [0.15, 0.2) is 0 Å². The maximum absolute atomic E-state index is 10.7. The van der Waals surface area contributed by atoms with Gasteiger partial charge in [-0.1, -0.05) is 6.58 Å². The van der Waals surface area contributed by atoms with Crippen molar-refractivity contribution >= 4 is 17.9 Å². The van der Waals surface area contributed by atoms with Crippen molar-refractivity contribution in [2.45, 2.75) is 12.8 Å². The fourth-order valence-electron chi connectivity index (χ4n) is 0.511. The maximum Gasteiger partial charge on any atom is 1.00 e. The fourth-order valence-corrected chi connectivity index (χ4v) is 0.511. The van der Waals surface area contributed by atoms with E-state index in [-0.39, 0.29) is 65.7 Å². The number of carbonyl (C=O) groups is 3. The molecule has 0 fully saturated rings. The Bertz CT molecular complexity index is 241. The number of hydrogen-bond donors (Lipinski definition) is 0. The summed E-state index contributed by atoms with van der Waals surface area (Å²) in [5.74, 6) is -2.12. The van der Waals surface area contributed by atoms with E-state index in [0.717, 1.165) is 6.08 Å². The summed E-state index contributed by atoms with van der Waals surface area (Å²) in [6.45, 7) is 3.11. The van der Waals surface area contributed by atoms with Crippen molar-refractivity contribution in [2.75, 3.05) is 7.11 Å². The minimum Gasteiger partial charge on any atom is -1.00 e. The largest absolute Gasteiger partial charge is 1.00 e. The van der Waals surface area contributed by atoms with Crippen LogP contribution in [-0.4, -0.2) is 25.0 Å². The van der Waals surface area contributed by atoms with Crippen LogP contribution in [0.15, 0.2) is 12.7 Å². The molecule has 0 rings (SSSR count). The van der Waals surface area contributed by atoms with E-state index in [9.17, 15) is 14.4 Å². The Labute approximate surface area is 126 Å². The van der Waals surface area contributed by atoms with Gasteiger partial charge in [-0.15, -0.1) is 0 Å². The van der Waals surface area contributed by atoms with Gasteiger partial charge >= 0.3 is 69.3 Å². The minimum atomic E-state index is -0.824. The Kier molecular flexibility index (Phi) is 11.2. The first-order valence-corrected chi connectivity index (χ1v) is 3.54. The van der Waals surface area contributed by atoms with Crippen LogP contribution in [0.3, 0.4) is 0 Å². The second kappa shape index (κ2) is 9.54. The zero-order chi connectivity index (χ0) is 10.3. The molecule has 14 heavy (non-hydrogen) atoms. The van der Waals surface area contributed by atoms with E-state index in [4.69, 9.17) is 0 Å². The van der Waals surface area contributed by atoms with E-state index >= 15 is 0 Å². The molecular weight excluding hydrogens is 215 g/mol. The fraction of sp³-hybridized carbons (Fsp3) is 0.375. The molecule has 0 aliphatic heterocycles. The molecule has 0 N–H and O–H groups in total. The van der Waals surface area contributed by atoms with E-state index < -0.39 is 17.9 Å². The predicted octanol–water partition coefficient (Wildman–Crippen LogP) is -2.69. The van der Waals surface area contributed by atoms with Crippen LogP contribution in [0.1, 0.15) is 14.3 Å². The number of hydrogen-bond acceptors (Lipinski definition) is 5. The Morgan fingerprint density at radius 2 is 1.79 bits per heavy atom. The van der Waals surface area contributed by atoms with E-state index in [0.29, 0.717) is 0 Å². The van der Waals surface area contributed by atoms with E-state index in [1.165, 1.54) is 7.11 Å². The van der Waals surface area contributed by atoms with Crippen LogP contribution in [0, 0.1) is 0 Å². The van der Waals surface area contributed by atoms with Crippen molar-refractivity contribution in [1.82, 2.24) is 0 Å². The average Bonchev–Trinajstić information content (AvgIpc) is 2.13. The summed E-state index contributed by atoms with van der Waals surface area (Å²) in [6.07, 6.45) is 0.599. The Hall–Kier alpha value is -0.0136. The van der Waals surface area contributed by atoms with E-state index in [1.54, 1.807) is 0 Å². The third-order valence-electron chi connectivity index (χ3n) is 1.14. The van der Waals surface area contributed by atoms with Crippen molar-refractivity contribution < 1.29 is 76.7 Å². The normalized spacial score (nSPS) is 8.07. The van der Waals surface area contributed by atoms with Gasteiger partial charge in [0, 0.05) is 6.08 Å². The first-order chi connectivity index (χ1) is 6.10. The molecule has 6 heteroatoms. The van der Waals surface area contributed by atoms with Gasteiger partial charge in [0.25, 0.3) is 0 Å². The summed E-state index contributed by atoms with van der Waals surface area (Å²) in [4.78, 5) is 31.7. The van der Waals surface area contributed by atoms with Gasteiger partial charge < -0.3 is 10.9 Å². The number of carbonyl (C=O) groups excluding carboxylic acids is 3. The van der Waals surface area contributed by atoms with Crippen molar-refractivity contribution in [3.8, 4) is 0 Å². The molecule has 0 amide bonds. The molecule has 0 unspecified atom stereocenters. The predicted molar refractivity (Wildman–Crippen MR) is 43.7 cm³/mol. The monoisotopic (exact) mass is 226 g/mol. The summed E-state index contributed by atoms with van der Waals surface area (Å²) in [6, 6.07) is 0. The molecule has 0 saturated heterocycles. The van der Waals surface area contributed by atoms with Crippen LogP contribution in [0.2, 0.25) is 0 Å². The van der Waals surface area contributed by atoms with Crippen LogP contribution < -0.4 is 51.4 Å². The minimum absolute atomic E-state index is 0. The number of methoxy groups -OCH3 is 1. The molecule has 74 valence electrons. The quantitative estimate of drug-likeness (QED) is 0.226. The second-order valence-corrected chi connectivity index (χ2v) is 2.07. The summed E-state index contributed by atoms with van der Waals surface area (Å²) in [7, 11) is 1.21. The molecule has 0 heterocycles. The molecule has 0 aliphatic carbocycles. The molecular formula is C8H11KO5. The van der Waals surface area contributed by atoms with Gasteiger partial charge in [-0.25, -0.2) is 4.79 Å². The van der Waals surface area contributed by atoms with Gasteiger partial charge in [-0.3, -0.25) is 9.59 Å². The average molecular weight is 226 g/mol. The van der Waals surface area contributed by atoms with Crippen molar-refractivity contribution in [3.05, 3.63) is 12.7 Å². The van der Waals surface area contributed by atoms with Gasteiger partial charge in [0.1, 0.15) is 0 Å².